The minimum absolute atomic E-state index is 0.117. The highest BCUT2D eigenvalue weighted by atomic mass is 16.7. The number of unbranched alkanes of at least 4 members (excludes halogenated alkanes) is 30. The van der Waals surface area contributed by atoms with Gasteiger partial charge in [-0.2, -0.15) is 0 Å². The number of allylic oxidation sites excluding steroid dienone is 10. The van der Waals surface area contributed by atoms with Crippen LogP contribution < -0.4 is 0 Å². The highest BCUT2D eigenvalue weighted by Crippen LogP contribution is 2.23. The largest absolute Gasteiger partial charge is 0.457 e. The van der Waals surface area contributed by atoms with Crippen LogP contribution in [0.3, 0.4) is 0 Å². The summed E-state index contributed by atoms with van der Waals surface area (Å²) < 4.78 is 23.0. The third-order valence-corrected chi connectivity index (χ3v) is 13.4. The lowest BCUT2D eigenvalue weighted by Crippen LogP contribution is -2.59. The zero-order valence-electron chi connectivity index (χ0n) is 45.3. The number of carbonyl (C=O) groups is 1. The maximum absolute atomic E-state index is 12.9. The van der Waals surface area contributed by atoms with Crippen LogP contribution in [0.5, 0.6) is 0 Å². The molecule has 0 aromatic carbocycles. The van der Waals surface area contributed by atoms with E-state index in [4.69, 9.17) is 18.9 Å². The lowest BCUT2D eigenvalue weighted by atomic mass is 9.99. The molecular weight excluding hydrogens is 877 g/mol. The first-order chi connectivity index (χ1) is 34.4. The molecular formula is C61H110O9. The van der Waals surface area contributed by atoms with Crippen molar-refractivity contribution < 1.29 is 44.2 Å². The zero-order valence-corrected chi connectivity index (χ0v) is 45.3. The van der Waals surface area contributed by atoms with Crippen molar-refractivity contribution in [3.63, 3.8) is 0 Å². The van der Waals surface area contributed by atoms with E-state index in [2.05, 4.69) is 74.6 Å². The van der Waals surface area contributed by atoms with Crippen LogP contribution in [-0.4, -0.2) is 89.6 Å². The maximum Gasteiger partial charge on any atom is 0.306 e. The Morgan fingerprint density at radius 2 is 0.871 bits per heavy atom. The molecule has 70 heavy (non-hydrogen) atoms. The van der Waals surface area contributed by atoms with Crippen molar-refractivity contribution in [1.29, 1.82) is 0 Å². The third kappa shape index (κ3) is 41.4. The number of hydrogen-bond donors (Lipinski definition) is 4. The minimum Gasteiger partial charge on any atom is -0.457 e. The molecule has 1 fully saturated rings. The lowest BCUT2D eigenvalue weighted by molar-refractivity contribution is -0.305. The van der Waals surface area contributed by atoms with Gasteiger partial charge in [-0.15, -0.1) is 0 Å². The van der Waals surface area contributed by atoms with Gasteiger partial charge in [0.15, 0.2) is 6.29 Å². The van der Waals surface area contributed by atoms with Gasteiger partial charge >= 0.3 is 5.97 Å². The van der Waals surface area contributed by atoms with Gasteiger partial charge in [-0.25, -0.2) is 0 Å². The molecule has 0 saturated carbocycles. The Balaban J connectivity index is 2.14. The van der Waals surface area contributed by atoms with Crippen molar-refractivity contribution in [1.82, 2.24) is 0 Å². The first-order valence-electron chi connectivity index (χ1n) is 29.4. The molecule has 6 unspecified atom stereocenters. The van der Waals surface area contributed by atoms with E-state index in [1.165, 1.54) is 173 Å². The van der Waals surface area contributed by atoms with Gasteiger partial charge in [0.2, 0.25) is 0 Å². The quantitative estimate of drug-likeness (QED) is 0.0267. The number of aliphatic hydroxyl groups is 4. The second kappa shape index (κ2) is 51.8. The van der Waals surface area contributed by atoms with Gasteiger partial charge in [0.05, 0.1) is 19.8 Å². The molecule has 0 aromatic heterocycles. The summed E-state index contributed by atoms with van der Waals surface area (Å²) in [6, 6.07) is 0. The molecule has 0 bridgehead atoms. The topological polar surface area (TPSA) is 135 Å². The van der Waals surface area contributed by atoms with E-state index in [1.54, 1.807) is 0 Å². The van der Waals surface area contributed by atoms with Gasteiger partial charge in [-0.3, -0.25) is 4.79 Å². The second-order valence-electron chi connectivity index (χ2n) is 20.1. The van der Waals surface area contributed by atoms with Crippen molar-refractivity contribution >= 4 is 5.97 Å². The van der Waals surface area contributed by atoms with E-state index in [0.717, 1.165) is 64.2 Å². The first kappa shape index (κ1) is 65.9. The molecule has 1 aliphatic heterocycles. The molecule has 1 saturated heterocycles. The van der Waals surface area contributed by atoms with E-state index in [0.29, 0.717) is 13.0 Å². The molecule has 0 amide bonds. The van der Waals surface area contributed by atoms with Gasteiger partial charge in [-0.1, -0.05) is 235 Å². The van der Waals surface area contributed by atoms with Crippen molar-refractivity contribution in [2.45, 2.75) is 295 Å². The van der Waals surface area contributed by atoms with E-state index < -0.39 is 43.4 Å². The number of carbonyl (C=O) groups excluding carboxylic acids is 1. The molecule has 0 spiro atoms. The molecule has 9 heteroatoms. The Hall–Kier alpha value is -2.11. The summed E-state index contributed by atoms with van der Waals surface area (Å²) in [7, 11) is 0. The van der Waals surface area contributed by atoms with Crippen LogP contribution in [0.4, 0.5) is 0 Å². The number of ether oxygens (including phenoxy) is 4. The van der Waals surface area contributed by atoms with Crippen LogP contribution in [0.15, 0.2) is 60.8 Å². The smallest absolute Gasteiger partial charge is 0.306 e. The van der Waals surface area contributed by atoms with E-state index in [1.807, 2.05) is 0 Å². The van der Waals surface area contributed by atoms with Crippen molar-refractivity contribution in [3.05, 3.63) is 60.8 Å². The van der Waals surface area contributed by atoms with Crippen LogP contribution >= 0.6 is 0 Å². The summed E-state index contributed by atoms with van der Waals surface area (Å²) in [6.07, 6.45) is 61.3. The Morgan fingerprint density at radius 3 is 1.33 bits per heavy atom. The van der Waals surface area contributed by atoms with E-state index in [9.17, 15) is 25.2 Å². The standard InChI is InChI=1S/C61H110O9/c1-3-5-7-9-11-13-15-17-19-21-23-25-26-27-28-29-31-33-35-37-39-41-43-45-47-49-51-67-53-55(54-68-61-60(66)59(65)58(64)56(52-62)70-61)69-57(63)50-48-46-44-42-40-38-36-34-32-30-24-22-20-18-16-14-12-10-8-6-4-2/h6,8,12,14,18,20-21,23-24,30,55-56,58-62,64-66H,3-5,7,9-11,13,15-17,19,22,25-29,31-54H2,1-2H3/b8-6-,14-12-,20-18-,23-21-,30-24-. The first-order valence-corrected chi connectivity index (χ1v) is 29.4. The Morgan fingerprint density at radius 1 is 0.471 bits per heavy atom. The zero-order chi connectivity index (χ0) is 50.6. The molecule has 4 N–H and O–H groups in total. The highest BCUT2D eigenvalue weighted by molar-refractivity contribution is 5.69. The summed E-state index contributed by atoms with van der Waals surface area (Å²) >= 11 is 0. The van der Waals surface area contributed by atoms with Crippen LogP contribution in [0.2, 0.25) is 0 Å². The number of aliphatic hydroxyl groups excluding tert-OH is 4. The number of hydrogen-bond acceptors (Lipinski definition) is 9. The monoisotopic (exact) mass is 987 g/mol. The van der Waals surface area contributed by atoms with Gasteiger partial charge < -0.3 is 39.4 Å². The highest BCUT2D eigenvalue weighted by Gasteiger charge is 2.44. The molecule has 6 atom stereocenters. The maximum atomic E-state index is 12.9. The minimum atomic E-state index is -1.54. The van der Waals surface area contributed by atoms with Crippen LogP contribution in [-0.2, 0) is 23.7 Å². The molecule has 9 nitrogen and oxygen atoms in total. The van der Waals surface area contributed by atoms with Gasteiger partial charge in [0.1, 0.15) is 30.5 Å². The fraction of sp³-hybridized carbons (Fsp3) is 0.820. The summed E-state index contributed by atoms with van der Waals surface area (Å²) in [5.74, 6) is -0.320. The molecule has 1 heterocycles. The summed E-state index contributed by atoms with van der Waals surface area (Å²) in [5, 5.41) is 40.4. The van der Waals surface area contributed by atoms with Crippen molar-refractivity contribution in [2.75, 3.05) is 26.4 Å². The SMILES string of the molecule is CC/C=C\C/C=C\C/C=C\C/C=C\CCCCCCCCCCC(=O)OC(COCCCCCCCCCCCCCCCC/C=C\CCCCCCCCCC)COC1OC(CO)C(O)C(O)C1O. The fourth-order valence-corrected chi connectivity index (χ4v) is 8.89. The lowest BCUT2D eigenvalue weighted by Gasteiger charge is -2.39. The predicted octanol–water partition coefficient (Wildman–Crippen LogP) is 15.4. The van der Waals surface area contributed by atoms with E-state index >= 15 is 0 Å². The third-order valence-electron chi connectivity index (χ3n) is 13.4. The Bertz CT molecular complexity index is 1260. The van der Waals surface area contributed by atoms with Crippen LogP contribution in [0.1, 0.15) is 258 Å². The Kier molecular flexibility index (Phi) is 48.7. The number of esters is 1. The molecule has 0 radical (unpaired) electrons. The molecule has 0 aliphatic carbocycles. The van der Waals surface area contributed by atoms with Crippen molar-refractivity contribution in [2.24, 2.45) is 0 Å². The summed E-state index contributed by atoms with van der Waals surface area (Å²) in [5.41, 5.74) is 0. The number of rotatable bonds is 51. The van der Waals surface area contributed by atoms with Crippen LogP contribution in [0, 0.1) is 0 Å². The normalized spacial score (nSPS) is 19.3. The van der Waals surface area contributed by atoms with Crippen LogP contribution in [0.25, 0.3) is 0 Å². The summed E-state index contributed by atoms with van der Waals surface area (Å²) in [6.45, 7) is 4.47. The Labute approximate surface area is 430 Å². The molecule has 1 aliphatic rings. The van der Waals surface area contributed by atoms with Gasteiger partial charge in [0, 0.05) is 13.0 Å². The molecule has 0 aromatic rings. The average Bonchev–Trinajstić information content (AvgIpc) is 3.36. The molecule has 408 valence electrons. The predicted molar refractivity (Wildman–Crippen MR) is 293 cm³/mol. The average molecular weight is 988 g/mol. The van der Waals surface area contributed by atoms with E-state index in [-0.39, 0.29) is 19.2 Å². The van der Waals surface area contributed by atoms with Crippen molar-refractivity contribution in [3.8, 4) is 0 Å². The summed E-state index contributed by atoms with van der Waals surface area (Å²) in [4.78, 5) is 12.9. The van der Waals surface area contributed by atoms with Gasteiger partial charge in [0.25, 0.3) is 0 Å². The second-order valence-corrected chi connectivity index (χ2v) is 20.1. The molecule has 1 rings (SSSR count). The fourth-order valence-electron chi connectivity index (χ4n) is 8.89. The van der Waals surface area contributed by atoms with Gasteiger partial charge in [-0.05, 0) is 77.0 Å².